The summed E-state index contributed by atoms with van der Waals surface area (Å²) in [6, 6.07) is 18.4. The summed E-state index contributed by atoms with van der Waals surface area (Å²) < 4.78 is 5.49. The molecule has 34 heavy (non-hydrogen) atoms. The molecule has 2 fully saturated rings. The molecule has 1 atom stereocenters. The molecule has 0 aromatic heterocycles. The molecule has 0 radical (unpaired) electrons. The Labute approximate surface area is 202 Å². The number of nitrogens with zero attached hydrogens (tertiary/aromatic N) is 2. The highest BCUT2D eigenvalue weighted by molar-refractivity contribution is 5.85. The van der Waals surface area contributed by atoms with E-state index in [1.807, 2.05) is 30.3 Å². The normalized spacial score (nSPS) is 20.3. The van der Waals surface area contributed by atoms with Gasteiger partial charge in [-0.15, -0.1) is 0 Å². The molecule has 0 aliphatic carbocycles. The van der Waals surface area contributed by atoms with E-state index in [-0.39, 0.29) is 18.1 Å². The number of amides is 1. The van der Waals surface area contributed by atoms with Crippen molar-refractivity contribution in [3.05, 3.63) is 65.7 Å². The van der Waals surface area contributed by atoms with Crippen molar-refractivity contribution in [1.82, 2.24) is 9.80 Å². The third-order valence-electron chi connectivity index (χ3n) is 7.19. The number of carboxylic acid groups (broad SMARTS) is 1. The van der Waals surface area contributed by atoms with Crippen LogP contribution in [0.4, 0.5) is 0 Å². The molecule has 2 heterocycles. The van der Waals surface area contributed by atoms with Gasteiger partial charge in [-0.1, -0.05) is 62.4 Å². The van der Waals surface area contributed by atoms with Crippen molar-refractivity contribution < 1.29 is 19.4 Å². The molecule has 6 heteroatoms. The highest BCUT2D eigenvalue weighted by Gasteiger charge is 2.52. The van der Waals surface area contributed by atoms with Crippen molar-refractivity contribution in [3.8, 4) is 5.75 Å². The minimum Gasteiger partial charge on any atom is -0.482 e. The van der Waals surface area contributed by atoms with Crippen LogP contribution in [-0.4, -0.2) is 59.1 Å². The number of para-hydroxylation sites is 1. The molecule has 1 amide bonds. The molecule has 2 aromatic carbocycles. The van der Waals surface area contributed by atoms with E-state index in [4.69, 9.17) is 9.84 Å². The van der Waals surface area contributed by atoms with Crippen LogP contribution in [-0.2, 0) is 22.6 Å². The Hall–Kier alpha value is -2.86. The fourth-order valence-electron chi connectivity index (χ4n) is 5.53. The van der Waals surface area contributed by atoms with Gasteiger partial charge in [0.15, 0.2) is 6.61 Å². The number of benzene rings is 2. The molecule has 6 nitrogen and oxygen atoms in total. The highest BCUT2D eigenvalue weighted by Crippen LogP contribution is 2.46. The fourth-order valence-corrected chi connectivity index (χ4v) is 5.53. The Morgan fingerprint density at radius 2 is 1.76 bits per heavy atom. The van der Waals surface area contributed by atoms with Gasteiger partial charge in [0.05, 0.1) is 5.41 Å². The lowest BCUT2D eigenvalue weighted by Crippen LogP contribution is -2.45. The molecule has 1 N–H and O–H groups in total. The van der Waals surface area contributed by atoms with E-state index in [1.165, 1.54) is 5.56 Å². The number of carbonyl (C=O) groups is 2. The molecule has 0 saturated carbocycles. The average Bonchev–Trinajstić information content (AvgIpc) is 3.05. The second kappa shape index (κ2) is 10.6. The van der Waals surface area contributed by atoms with E-state index in [1.54, 1.807) is 0 Å². The van der Waals surface area contributed by atoms with Gasteiger partial charge in [0, 0.05) is 24.7 Å². The number of likely N-dealkylation sites (tertiary alicyclic amines) is 2. The van der Waals surface area contributed by atoms with Gasteiger partial charge in [-0.25, -0.2) is 4.79 Å². The summed E-state index contributed by atoms with van der Waals surface area (Å²) >= 11 is 0. The van der Waals surface area contributed by atoms with E-state index in [2.05, 4.69) is 47.9 Å². The molecule has 2 aromatic rings. The smallest absolute Gasteiger partial charge is 0.341 e. The molecule has 2 aliphatic heterocycles. The Morgan fingerprint density at radius 1 is 1.09 bits per heavy atom. The lowest BCUT2D eigenvalue weighted by atomic mass is 9.75. The van der Waals surface area contributed by atoms with Crippen molar-refractivity contribution in [1.29, 1.82) is 0 Å². The quantitative estimate of drug-likeness (QED) is 0.601. The number of piperidine rings is 1. The predicted octanol–water partition coefficient (Wildman–Crippen LogP) is 4.23. The van der Waals surface area contributed by atoms with E-state index < -0.39 is 5.97 Å². The third-order valence-corrected chi connectivity index (χ3v) is 7.19. The Kier molecular flexibility index (Phi) is 7.57. The zero-order valence-electron chi connectivity index (χ0n) is 20.3. The third kappa shape index (κ3) is 5.61. The SMILES string of the molecule is CC(C)CN1C(=O)C2(CCN(Cc3ccccc3OCC(=O)O)CC2)CC1Cc1ccccc1. The van der Waals surface area contributed by atoms with Crippen molar-refractivity contribution in [3.63, 3.8) is 0 Å². The number of carbonyl (C=O) groups excluding carboxylic acids is 1. The maximum Gasteiger partial charge on any atom is 0.341 e. The van der Waals surface area contributed by atoms with E-state index in [9.17, 15) is 9.59 Å². The van der Waals surface area contributed by atoms with E-state index in [0.717, 1.165) is 50.9 Å². The zero-order chi connectivity index (χ0) is 24.1. The van der Waals surface area contributed by atoms with Crippen LogP contribution >= 0.6 is 0 Å². The minimum atomic E-state index is -0.981. The summed E-state index contributed by atoms with van der Waals surface area (Å²) in [5.41, 5.74) is 2.02. The second-order valence-corrected chi connectivity index (χ2v) is 10.2. The topological polar surface area (TPSA) is 70.1 Å². The van der Waals surface area contributed by atoms with E-state index in [0.29, 0.717) is 24.1 Å². The number of aliphatic carboxylic acids is 1. The lowest BCUT2D eigenvalue weighted by molar-refractivity contribution is -0.140. The monoisotopic (exact) mass is 464 g/mol. The minimum absolute atomic E-state index is 0.258. The van der Waals surface area contributed by atoms with Gasteiger partial charge >= 0.3 is 5.97 Å². The number of rotatable bonds is 9. The van der Waals surface area contributed by atoms with Crippen LogP contribution < -0.4 is 4.74 Å². The first-order chi connectivity index (χ1) is 16.4. The molecule has 2 aliphatic rings. The number of hydrogen-bond donors (Lipinski definition) is 1. The Bertz CT molecular complexity index is 983. The van der Waals surface area contributed by atoms with Crippen molar-refractivity contribution >= 4 is 11.9 Å². The van der Waals surface area contributed by atoms with Crippen LogP contribution in [0, 0.1) is 11.3 Å². The van der Waals surface area contributed by atoms with Crippen LogP contribution in [0.25, 0.3) is 0 Å². The first kappa shape index (κ1) is 24.3. The van der Waals surface area contributed by atoms with Gasteiger partial charge in [0.2, 0.25) is 5.91 Å². The summed E-state index contributed by atoms with van der Waals surface area (Å²) in [7, 11) is 0. The molecule has 0 bridgehead atoms. The first-order valence-electron chi connectivity index (χ1n) is 12.4. The molecule has 1 spiro atoms. The maximum absolute atomic E-state index is 13.7. The largest absolute Gasteiger partial charge is 0.482 e. The average molecular weight is 465 g/mol. The van der Waals surface area contributed by atoms with Crippen LogP contribution in [0.5, 0.6) is 5.75 Å². The Morgan fingerprint density at radius 3 is 2.44 bits per heavy atom. The summed E-state index contributed by atoms with van der Waals surface area (Å²) in [6.45, 7) is 7.25. The second-order valence-electron chi connectivity index (χ2n) is 10.2. The maximum atomic E-state index is 13.7. The molecular formula is C28H36N2O4. The van der Waals surface area contributed by atoms with Gasteiger partial charge < -0.3 is 14.7 Å². The van der Waals surface area contributed by atoms with Gasteiger partial charge in [-0.05, 0) is 56.3 Å². The molecule has 4 rings (SSSR count). The summed E-state index contributed by atoms with van der Waals surface area (Å²) in [6.07, 6.45) is 3.58. The highest BCUT2D eigenvalue weighted by atomic mass is 16.5. The van der Waals surface area contributed by atoms with Gasteiger partial charge in [0.1, 0.15) is 5.75 Å². The van der Waals surface area contributed by atoms with Crippen molar-refractivity contribution in [2.45, 2.75) is 52.1 Å². The van der Waals surface area contributed by atoms with Crippen molar-refractivity contribution in [2.75, 3.05) is 26.2 Å². The van der Waals surface area contributed by atoms with Crippen LogP contribution in [0.2, 0.25) is 0 Å². The molecule has 182 valence electrons. The number of hydrogen-bond acceptors (Lipinski definition) is 4. The standard InChI is InChI=1S/C28H36N2O4/c1-21(2)18-30-24(16-22-8-4-3-5-9-22)17-28(27(30)33)12-14-29(15-13-28)19-23-10-6-7-11-25(23)34-20-26(31)32/h3-11,21,24H,12-20H2,1-2H3,(H,31,32). The summed E-state index contributed by atoms with van der Waals surface area (Å²) in [5, 5.41) is 8.95. The molecule has 2 saturated heterocycles. The summed E-state index contributed by atoms with van der Waals surface area (Å²) in [5.74, 6) is 0.422. The van der Waals surface area contributed by atoms with E-state index >= 15 is 0 Å². The van der Waals surface area contributed by atoms with Crippen LogP contribution in [0.3, 0.4) is 0 Å². The first-order valence-corrected chi connectivity index (χ1v) is 12.4. The zero-order valence-corrected chi connectivity index (χ0v) is 20.3. The lowest BCUT2D eigenvalue weighted by Gasteiger charge is -2.38. The van der Waals surface area contributed by atoms with Crippen molar-refractivity contribution in [2.24, 2.45) is 11.3 Å². The molecular weight excluding hydrogens is 428 g/mol. The number of carboxylic acids is 1. The number of ether oxygens (including phenoxy) is 1. The fraction of sp³-hybridized carbons (Fsp3) is 0.500. The predicted molar refractivity (Wildman–Crippen MR) is 132 cm³/mol. The molecule has 1 unspecified atom stereocenters. The van der Waals surface area contributed by atoms with Gasteiger partial charge in [-0.2, -0.15) is 0 Å². The van der Waals surface area contributed by atoms with Crippen LogP contribution in [0.15, 0.2) is 54.6 Å². The van der Waals surface area contributed by atoms with Gasteiger partial charge in [0.25, 0.3) is 0 Å². The van der Waals surface area contributed by atoms with Crippen LogP contribution in [0.1, 0.15) is 44.2 Å². The van der Waals surface area contributed by atoms with Gasteiger partial charge in [-0.3, -0.25) is 9.69 Å². The Balaban J connectivity index is 1.42. The summed E-state index contributed by atoms with van der Waals surface area (Å²) in [4.78, 5) is 29.2.